The molecule has 44 heavy (non-hydrogen) atoms. The first-order valence-electron chi connectivity index (χ1n) is 14.1. The Kier molecular flexibility index (Phi) is 8.49. The van der Waals surface area contributed by atoms with Crippen LogP contribution in [0, 0.1) is 17.1 Å². The second-order valence-electron chi connectivity index (χ2n) is 10.6. The number of ether oxygens (including phenoxy) is 2. The molecule has 10 nitrogen and oxygen atoms in total. The Balaban J connectivity index is 1.15. The van der Waals surface area contributed by atoms with E-state index in [2.05, 4.69) is 31.3 Å². The third-order valence-electron chi connectivity index (χ3n) is 7.75. The number of piperazine rings is 1. The van der Waals surface area contributed by atoms with Crippen LogP contribution >= 0.6 is 11.3 Å². The van der Waals surface area contributed by atoms with E-state index in [0.717, 1.165) is 47.2 Å². The molecule has 1 unspecified atom stereocenters. The molecule has 0 bridgehead atoms. The highest BCUT2D eigenvalue weighted by atomic mass is 32.1. The van der Waals surface area contributed by atoms with E-state index >= 15 is 0 Å². The van der Waals surface area contributed by atoms with Crippen molar-refractivity contribution >= 4 is 34.2 Å². The number of hydrogen-bond acceptors (Lipinski definition) is 10. The second-order valence-corrected chi connectivity index (χ2v) is 11.6. The lowest BCUT2D eigenvalue weighted by atomic mass is 10.1. The number of anilines is 1. The van der Waals surface area contributed by atoms with E-state index < -0.39 is 5.82 Å². The van der Waals surface area contributed by atoms with E-state index in [-0.39, 0.29) is 24.2 Å². The number of aromatic nitrogens is 4. The van der Waals surface area contributed by atoms with Crippen molar-refractivity contribution in [1.82, 2.24) is 24.4 Å². The molecule has 0 radical (unpaired) electrons. The molecule has 1 aliphatic heterocycles. The summed E-state index contributed by atoms with van der Waals surface area (Å²) in [4.78, 5) is 31.8. The van der Waals surface area contributed by atoms with E-state index in [0.29, 0.717) is 30.1 Å². The van der Waals surface area contributed by atoms with Gasteiger partial charge in [-0.1, -0.05) is 12.1 Å². The SMILES string of the molecule is COC(=O)c1ccc2nc(CN3CCN(c4cccc(OCc5ccc(C#N)cc5F)n4)CC3C)n(Cc3cncs3)c2c1. The van der Waals surface area contributed by atoms with Crippen molar-refractivity contribution in [1.29, 1.82) is 5.26 Å². The first-order chi connectivity index (χ1) is 21.4. The molecule has 0 N–H and O–H groups in total. The molecule has 0 saturated carbocycles. The molecule has 224 valence electrons. The van der Waals surface area contributed by atoms with Gasteiger partial charge in [0.2, 0.25) is 5.88 Å². The standard InChI is InChI=1S/C32H30FN7O3S/c1-21-16-39(29-4-3-5-31(37-29)43-19-24-7-6-22(14-34)12-26(24)33)11-10-38(21)18-30-36-27-9-8-23(32(41)42-2)13-28(27)40(30)17-25-15-35-20-44-25/h3-9,12-13,15,20-21H,10-11,16-19H2,1-2H3. The summed E-state index contributed by atoms with van der Waals surface area (Å²) in [6, 6.07) is 17.5. The zero-order valence-corrected chi connectivity index (χ0v) is 25.1. The zero-order chi connectivity index (χ0) is 30.6. The minimum absolute atomic E-state index is 0.0157. The summed E-state index contributed by atoms with van der Waals surface area (Å²) in [6.07, 6.45) is 1.86. The minimum atomic E-state index is -0.477. The molecule has 1 saturated heterocycles. The van der Waals surface area contributed by atoms with Crippen LogP contribution in [0.5, 0.6) is 5.88 Å². The third-order valence-corrected chi connectivity index (χ3v) is 8.51. The van der Waals surface area contributed by atoms with Crippen molar-refractivity contribution in [3.05, 3.63) is 99.5 Å². The highest BCUT2D eigenvalue weighted by Crippen LogP contribution is 2.25. The maximum Gasteiger partial charge on any atom is 0.337 e. The third kappa shape index (κ3) is 6.24. The number of thiazole rings is 1. The summed E-state index contributed by atoms with van der Waals surface area (Å²) in [5.74, 6) is 1.26. The predicted octanol–water partition coefficient (Wildman–Crippen LogP) is 5.02. The number of hydrogen-bond donors (Lipinski definition) is 0. The van der Waals surface area contributed by atoms with E-state index in [1.54, 1.807) is 35.6 Å². The maximum absolute atomic E-state index is 14.3. The van der Waals surface area contributed by atoms with Gasteiger partial charge in [0.1, 0.15) is 24.1 Å². The lowest BCUT2D eigenvalue weighted by Crippen LogP contribution is -2.52. The van der Waals surface area contributed by atoms with Crippen molar-refractivity contribution in [2.75, 3.05) is 31.6 Å². The predicted molar refractivity (Wildman–Crippen MR) is 164 cm³/mol. The fraction of sp³-hybridized carbons (Fsp3) is 0.281. The van der Waals surface area contributed by atoms with Crippen molar-refractivity contribution in [3.8, 4) is 11.9 Å². The molecule has 1 atom stereocenters. The highest BCUT2D eigenvalue weighted by Gasteiger charge is 2.27. The average molecular weight is 612 g/mol. The summed E-state index contributed by atoms with van der Waals surface area (Å²) >= 11 is 1.58. The van der Waals surface area contributed by atoms with Gasteiger partial charge in [-0.3, -0.25) is 9.88 Å². The number of rotatable bonds is 9. The van der Waals surface area contributed by atoms with Crippen LogP contribution in [0.15, 0.2) is 66.3 Å². The molecule has 12 heteroatoms. The van der Waals surface area contributed by atoms with Crippen LogP contribution in [0.3, 0.4) is 0 Å². The first kappa shape index (κ1) is 29.2. The molecule has 4 heterocycles. The number of nitrogens with zero attached hydrogens (tertiary/aromatic N) is 7. The molecule has 0 spiro atoms. The Labute approximate surface area is 257 Å². The number of nitriles is 1. The van der Waals surface area contributed by atoms with Gasteiger partial charge >= 0.3 is 5.97 Å². The summed E-state index contributed by atoms with van der Waals surface area (Å²) < 4.78 is 27.2. The molecule has 3 aromatic heterocycles. The number of imidazole rings is 1. The Hall–Kier alpha value is -4.86. The number of carbonyl (C=O) groups is 1. The van der Waals surface area contributed by atoms with Gasteiger partial charge in [-0.25, -0.2) is 14.2 Å². The van der Waals surface area contributed by atoms with Gasteiger partial charge in [-0.2, -0.15) is 10.2 Å². The van der Waals surface area contributed by atoms with Crippen LogP contribution in [-0.2, 0) is 24.4 Å². The van der Waals surface area contributed by atoms with Crippen LogP contribution in [0.1, 0.15) is 39.1 Å². The molecule has 1 fully saturated rings. The topological polar surface area (TPSA) is 109 Å². The number of halogens is 1. The zero-order valence-electron chi connectivity index (χ0n) is 24.3. The fourth-order valence-electron chi connectivity index (χ4n) is 5.36. The number of fused-ring (bicyclic) bond motifs is 1. The Morgan fingerprint density at radius 2 is 2.02 bits per heavy atom. The molecule has 2 aromatic carbocycles. The number of benzene rings is 2. The summed E-state index contributed by atoms with van der Waals surface area (Å²) in [5.41, 5.74) is 4.63. The summed E-state index contributed by atoms with van der Waals surface area (Å²) in [6.45, 7) is 5.76. The van der Waals surface area contributed by atoms with E-state index in [1.807, 2.05) is 42.0 Å². The molecule has 0 aliphatic carbocycles. The van der Waals surface area contributed by atoms with Gasteiger partial charge in [-0.15, -0.1) is 11.3 Å². The van der Waals surface area contributed by atoms with Crippen LogP contribution in [0.4, 0.5) is 10.2 Å². The van der Waals surface area contributed by atoms with Gasteiger partial charge in [0.15, 0.2) is 0 Å². The molecular formula is C32H30FN7O3S. The van der Waals surface area contributed by atoms with Gasteiger partial charge in [-0.05, 0) is 43.3 Å². The molecule has 6 rings (SSSR count). The van der Waals surface area contributed by atoms with Crippen molar-refractivity contribution in [2.24, 2.45) is 0 Å². The van der Waals surface area contributed by atoms with Gasteiger partial charge in [0, 0.05) is 48.4 Å². The van der Waals surface area contributed by atoms with Gasteiger partial charge in [0.25, 0.3) is 0 Å². The largest absolute Gasteiger partial charge is 0.473 e. The first-order valence-corrected chi connectivity index (χ1v) is 15.0. The van der Waals surface area contributed by atoms with Crippen LogP contribution in [0.2, 0.25) is 0 Å². The number of pyridine rings is 1. The lowest BCUT2D eigenvalue weighted by molar-refractivity contribution is 0.0601. The van der Waals surface area contributed by atoms with E-state index in [4.69, 9.17) is 19.7 Å². The van der Waals surface area contributed by atoms with Gasteiger partial charge < -0.3 is 18.9 Å². The Bertz CT molecular complexity index is 1840. The highest BCUT2D eigenvalue weighted by molar-refractivity contribution is 7.09. The smallest absolute Gasteiger partial charge is 0.337 e. The Morgan fingerprint density at radius 3 is 2.77 bits per heavy atom. The van der Waals surface area contributed by atoms with Crippen molar-refractivity contribution in [2.45, 2.75) is 32.7 Å². The van der Waals surface area contributed by atoms with Crippen LogP contribution < -0.4 is 9.64 Å². The lowest BCUT2D eigenvalue weighted by Gasteiger charge is -2.40. The van der Waals surface area contributed by atoms with Gasteiger partial charge in [0.05, 0.1) is 53.9 Å². The molecule has 5 aromatic rings. The monoisotopic (exact) mass is 611 g/mol. The normalized spacial score (nSPS) is 15.3. The van der Waals surface area contributed by atoms with E-state index in [9.17, 15) is 9.18 Å². The number of methoxy groups -OCH3 is 1. The van der Waals surface area contributed by atoms with Crippen LogP contribution in [-0.4, -0.2) is 63.2 Å². The number of carbonyl (C=O) groups excluding carboxylic acids is 1. The maximum atomic E-state index is 14.3. The summed E-state index contributed by atoms with van der Waals surface area (Å²) in [5, 5.41) is 8.96. The molecule has 1 aliphatic rings. The van der Waals surface area contributed by atoms with E-state index in [1.165, 1.54) is 13.2 Å². The minimum Gasteiger partial charge on any atom is -0.473 e. The average Bonchev–Trinajstić information content (AvgIpc) is 3.69. The molecular weight excluding hydrogens is 581 g/mol. The van der Waals surface area contributed by atoms with Crippen molar-refractivity contribution in [3.63, 3.8) is 0 Å². The Morgan fingerprint density at radius 1 is 1.14 bits per heavy atom. The van der Waals surface area contributed by atoms with Crippen molar-refractivity contribution < 1.29 is 18.7 Å². The quantitative estimate of drug-likeness (QED) is 0.212. The number of esters is 1. The second kappa shape index (κ2) is 12.8. The summed E-state index contributed by atoms with van der Waals surface area (Å²) in [7, 11) is 1.38. The molecule has 0 amide bonds. The fourth-order valence-corrected chi connectivity index (χ4v) is 5.94. The van der Waals surface area contributed by atoms with Crippen LogP contribution in [0.25, 0.3) is 11.0 Å².